The van der Waals surface area contributed by atoms with Gasteiger partial charge < -0.3 is 15.2 Å². The summed E-state index contributed by atoms with van der Waals surface area (Å²) in [6.07, 6.45) is 0.550. The van der Waals surface area contributed by atoms with Gasteiger partial charge in [0.05, 0.1) is 11.6 Å². The molecule has 0 aliphatic carbocycles. The first kappa shape index (κ1) is 16.5. The zero-order chi connectivity index (χ0) is 15.0. The predicted octanol–water partition coefficient (Wildman–Crippen LogP) is 2.32. The number of nitrogens with one attached hydrogen (secondary N) is 1. The van der Waals surface area contributed by atoms with Gasteiger partial charge in [0.1, 0.15) is 18.5 Å². The molecular formula is C16H24N2O2. The molecule has 2 N–H and O–H groups in total. The van der Waals surface area contributed by atoms with Crippen molar-refractivity contribution in [2.24, 2.45) is 5.92 Å². The predicted molar refractivity (Wildman–Crippen MR) is 79.6 cm³/mol. The van der Waals surface area contributed by atoms with Crippen LogP contribution in [0.15, 0.2) is 24.3 Å². The van der Waals surface area contributed by atoms with Crippen molar-refractivity contribution in [2.75, 3.05) is 13.2 Å². The Morgan fingerprint density at radius 3 is 2.80 bits per heavy atom. The number of ether oxygens (including phenoxy) is 1. The minimum Gasteiger partial charge on any atom is -0.491 e. The zero-order valence-corrected chi connectivity index (χ0v) is 12.5. The molecule has 0 aromatic heterocycles. The van der Waals surface area contributed by atoms with Crippen molar-refractivity contribution in [3.8, 4) is 11.8 Å². The number of rotatable bonds is 8. The third kappa shape index (κ3) is 5.60. The number of benzene rings is 1. The van der Waals surface area contributed by atoms with Crippen molar-refractivity contribution in [3.05, 3.63) is 29.8 Å². The lowest BCUT2D eigenvalue weighted by Gasteiger charge is -2.22. The molecule has 1 aromatic rings. The largest absolute Gasteiger partial charge is 0.491 e. The van der Waals surface area contributed by atoms with Gasteiger partial charge in [-0.05, 0) is 31.0 Å². The standard InChI is InChI=1S/C16H24N2O2/c1-4-12(2)13(3)18-10-15(19)11-20-16-7-5-6-14(8-16)9-17/h5-8,12-13,15,18-19H,4,10-11H2,1-3H3. The molecule has 110 valence electrons. The van der Waals surface area contributed by atoms with Crippen LogP contribution in [0.25, 0.3) is 0 Å². The second kappa shape index (κ2) is 8.57. The Hall–Kier alpha value is -1.57. The Bertz CT molecular complexity index is 442. The van der Waals surface area contributed by atoms with Crippen molar-refractivity contribution >= 4 is 0 Å². The molecule has 0 fully saturated rings. The van der Waals surface area contributed by atoms with Crippen LogP contribution in [0.5, 0.6) is 5.75 Å². The van der Waals surface area contributed by atoms with E-state index in [0.29, 0.717) is 29.8 Å². The van der Waals surface area contributed by atoms with Crippen LogP contribution in [0, 0.1) is 17.2 Å². The summed E-state index contributed by atoms with van der Waals surface area (Å²) in [4.78, 5) is 0. The average Bonchev–Trinajstić information content (AvgIpc) is 2.49. The lowest BCUT2D eigenvalue weighted by Crippen LogP contribution is -2.39. The molecule has 1 aromatic carbocycles. The van der Waals surface area contributed by atoms with Crippen LogP contribution in [-0.4, -0.2) is 30.4 Å². The maximum absolute atomic E-state index is 9.89. The summed E-state index contributed by atoms with van der Waals surface area (Å²) in [6, 6.07) is 9.37. The second-order valence-corrected chi connectivity index (χ2v) is 5.19. The molecule has 3 atom stereocenters. The third-order valence-electron chi connectivity index (χ3n) is 3.58. The highest BCUT2D eigenvalue weighted by atomic mass is 16.5. The molecule has 0 spiro atoms. The maximum atomic E-state index is 9.89. The van der Waals surface area contributed by atoms with E-state index in [4.69, 9.17) is 10.00 Å². The topological polar surface area (TPSA) is 65.3 Å². The minimum atomic E-state index is -0.563. The highest BCUT2D eigenvalue weighted by Gasteiger charge is 2.12. The van der Waals surface area contributed by atoms with Crippen molar-refractivity contribution in [1.29, 1.82) is 5.26 Å². The summed E-state index contributed by atoms with van der Waals surface area (Å²) in [5, 5.41) is 22.0. The Morgan fingerprint density at radius 1 is 1.40 bits per heavy atom. The number of hydrogen-bond donors (Lipinski definition) is 2. The van der Waals surface area contributed by atoms with Gasteiger partial charge >= 0.3 is 0 Å². The van der Waals surface area contributed by atoms with E-state index >= 15 is 0 Å². The summed E-state index contributed by atoms with van der Waals surface area (Å²) < 4.78 is 5.49. The summed E-state index contributed by atoms with van der Waals surface area (Å²) >= 11 is 0. The SMILES string of the molecule is CCC(C)C(C)NCC(O)COc1cccc(C#N)c1. The number of nitriles is 1. The van der Waals surface area contributed by atoms with Gasteiger partial charge in [-0.1, -0.05) is 26.3 Å². The Morgan fingerprint density at radius 2 is 2.15 bits per heavy atom. The maximum Gasteiger partial charge on any atom is 0.120 e. The number of nitrogens with zero attached hydrogens (tertiary/aromatic N) is 1. The van der Waals surface area contributed by atoms with Crippen LogP contribution in [-0.2, 0) is 0 Å². The van der Waals surface area contributed by atoms with E-state index in [1.807, 2.05) is 0 Å². The molecule has 4 nitrogen and oxygen atoms in total. The molecule has 0 aliphatic rings. The lowest BCUT2D eigenvalue weighted by molar-refractivity contribution is 0.102. The normalized spacial score (nSPS) is 15.2. The summed E-state index contributed by atoms with van der Waals surface area (Å²) in [7, 11) is 0. The molecule has 20 heavy (non-hydrogen) atoms. The summed E-state index contributed by atoms with van der Waals surface area (Å²) in [6.45, 7) is 7.19. The van der Waals surface area contributed by atoms with Crippen LogP contribution in [0.2, 0.25) is 0 Å². The Kier molecular flexibility index (Phi) is 7.06. The molecular weight excluding hydrogens is 252 g/mol. The fourth-order valence-electron chi connectivity index (χ4n) is 1.78. The van der Waals surface area contributed by atoms with Crippen LogP contribution in [0.4, 0.5) is 0 Å². The molecule has 0 saturated heterocycles. The first-order chi connectivity index (χ1) is 9.56. The van der Waals surface area contributed by atoms with Crippen molar-refractivity contribution in [1.82, 2.24) is 5.32 Å². The van der Waals surface area contributed by atoms with Crippen molar-refractivity contribution in [3.63, 3.8) is 0 Å². The Labute approximate surface area is 121 Å². The third-order valence-corrected chi connectivity index (χ3v) is 3.58. The van der Waals surface area contributed by atoms with Gasteiger partial charge in [0.25, 0.3) is 0 Å². The highest BCUT2D eigenvalue weighted by Crippen LogP contribution is 2.12. The fourth-order valence-corrected chi connectivity index (χ4v) is 1.78. The molecule has 0 radical (unpaired) electrons. The van der Waals surface area contributed by atoms with Crippen LogP contribution in [0.1, 0.15) is 32.8 Å². The van der Waals surface area contributed by atoms with Crippen LogP contribution in [0.3, 0.4) is 0 Å². The second-order valence-electron chi connectivity index (χ2n) is 5.19. The van der Waals surface area contributed by atoms with Gasteiger partial charge in [0, 0.05) is 12.6 Å². The van der Waals surface area contributed by atoms with E-state index in [9.17, 15) is 5.11 Å². The molecule has 0 aliphatic heterocycles. The molecule has 1 rings (SSSR count). The van der Waals surface area contributed by atoms with Gasteiger partial charge in [-0.2, -0.15) is 5.26 Å². The van der Waals surface area contributed by atoms with E-state index < -0.39 is 6.10 Å². The summed E-state index contributed by atoms with van der Waals surface area (Å²) in [5.74, 6) is 1.19. The highest BCUT2D eigenvalue weighted by molar-refractivity contribution is 5.36. The van der Waals surface area contributed by atoms with Crippen LogP contribution >= 0.6 is 0 Å². The van der Waals surface area contributed by atoms with E-state index in [-0.39, 0.29) is 6.61 Å². The van der Waals surface area contributed by atoms with E-state index in [1.54, 1.807) is 24.3 Å². The molecule has 3 unspecified atom stereocenters. The van der Waals surface area contributed by atoms with Crippen molar-refractivity contribution < 1.29 is 9.84 Å². The lowest BCUT2D eigenvalue weighted by atomic mass is 10.0. The Balaban J connectivity index is 2.32. The fraction of sp³-hybridized carbons (Fsp3) is 0.562. The average molecular weight is 276 g/mol. The van der Waals surface area contributed by atoms with Gasteiger partial charge in [-0.25, -0.2) is 0 Å². The monoisotopic (exact) mass is 276 g/mol. The first-order valence-corrected chi connectivity index (χ1v) is 7.11. The molecule has 0 heterocycles. The summed E-state index contributed by atoms with van der Waals surface area (Å²) in [5.41, 5.74) is 0.556. The molecule has 4 heteroatoms. The van der Waals surface area contributed by atoms with E-state index in [2.05, 4.69) is 32.2 Å². The minimum absolute atomic E-state index is 0.217. The number of hydrogen-bond acceptors (Lipinski definition) is 4. The zero-order valence-electron chi connectivity index (χ0n) is 12.5. The smallest absolute Gasteiger partial charge is 0.120 e. The number of aliphatic hydroxyl groups excluding tert-OH is 1. The van der Waals surface area contributed by atoms with Gasteiger partial charge in [-0.15, -0.1) is 0 Å². The van der Waals surface area contributed by atoms with E-state index in [1.165, 1.54) is 0 Å². The quantitative estimate of drug-likeness (QED) is 0.765. The van der Waals surface area contributed by atoms with Gasteiger partial charge in [0.2, 0.25) is 0 Å². The van der Waals surface area contributed by atoms with Crippen molar-refractivity contribution in [2.45, 2.75) is 39.3 Å². The number of aliphatic hydroxyl groups is 1. The van der Waals surface area contributed by atoms with Crippen LogP contribution < -0.4 is 10.1 Å². The molecule has 0 saturated carbocycles. The van der Waals surface area contributed by atoms with Gasteiger partial charge in [0.15, 0.2) is 0 Å². The van der Waals surface area contributed by atoms with Gasteiger partial charge in [-0.3, -0.25) is 0 Å². The molecule has 0 amide bonds. The molecule has 0 bridgehead atoms. The van der Waals surface area contributed by atoms with E-state index in [0.717, 1.165) is 6.42 Å². The first-order valence-electron chi connectivity index (χ1n) is 7.11.